The van der Waals surface area contributed by atoms with Gasteiger partial charge < -0.3 is 9.42 Å². The number of carbonyl (C=O) groups excluding carboxylic acids is 1. The molecule has 3 rings (SSSR count). The van der Waals surface area contributed by atoms with E-state index in [9.17, 15) is 4.79 Å². The van der Waals surface area contributed by atoms with Gasteiger partial charge in [0.15, 0.2) is 0 Å². The minimum absolute atomic E-state index is 0.0663. The van der Waals surface area contributed by atoms with Gasteiger partial charge in [-0.3, -0.25) is 4.79 Å². The second-order valence-electron chi connectivity index (χ2n) is 6.00. The lowest BCUT2D eigenvalue weighted by atomic mass is 10.0. The van der Waals surface area contributed by atoms with Crippen molar-refractivity contribution in [3.8, 4) is 11.4 Å². The van der Waals surface area contributed by atoms with E-state index in [1.165, 1.54) is 0 Å². The number of rotatable bonds is 4. The first kappa shape index (κ1) is 17.4. The molecule has 1 amide bonds. The van der Waals surface area contributed by atoms with Crippen LogP contribution in [0, 0.1) is 13.8 Å². The Kier molecular flexibility index (Phi) is 4.99. The van der Waals surface area contributed by atoms with Crippen molar-refractivity contribution >= 4 is 21.8 Å². The summed E-state index contributed by atoms with van der Waals surface area (Å²) in [6.45, 7) is 4.16. The highest BCUT2D eigenvalue weighted by molar-refractivity contribution is 9.10. The van der Waals surface area contributed by atoms with Crippen LogP contribution in [0.4, 0.5) is 0 Å². The van der Waals surface area contributed by atoms with Crippen molar-refractivity contribution in [1.29, 1.82) is 0 Å². The van der Waals surface area contributed by atoms with E-state index in [4.69, 9.17) is 4.52 Å². The molecule has 25 heavy (non-hydrogen) atoms. The van der Waals surface area contributed by atoms with Gasteiger partial charge in [0.25, 0.3) is 5.91 Å². The van der Waals surface area contributed by atoms with Crippen LogP contribution in [0.3, 0.4) is 0 Å². The number of amides is 1. The molecule has 0 bridgehead atoms. The molecule has 0 unspecified atom stereocenters. The van der Waals surface area contributed by atoms with Crippen molar-refractivity contribution in [1.82, 2.24) is 15.0 Å². The fourth-order valence-electron chi connectivity index (χ4n) is 2.51. The van der Waals surface area contributed by atoms with E-state index >= 15 is 0 Å². The van der Waals surface area contributed by atoms with E-state index in [0.29, 0.717) is 17.3 Å². The van der Waals surface area contributed by atoms with Crippen molar-refractivity contribution in [2.75, 3.05) is 7.05 Å². The van der Waals surface area contributed by atoms with Gasteiger partial charge in [0, 0.05) is 22.6 Å². The number of hydrogen-bond acceptors (Lipinski definition) is 4. The molecule has 2 aromatic carbocycles. The highest BCUT2D eigenvalue weighted by Gasteiger charge is 2.18. The monoisotopic (exact) mass is 399 g/mol. The van der Waals surface area contributed by atoms with Crippen LogP contribution in [0.2, 0.25) is 0 Å². The molecule has 0 aliphatic heterocycles. The van der Waals surface area contributed by atoms with Crippen LogP contribution in [-0.4, -0.2) is 28.0 Å². The zero-order chi connectivity index (χ0) is 18.0. The van der Waals surface area contributed by atoms with Gasteiger partial charge in [0.2, 0.25) is 11.7 Å². The van der Waals surface area contributed by atoms with Gasteiger partial charge in [0.05, 0.1) is 6.54 Å². The maximum Gasteiger partial charge on any atom is 0.254 e. The number of carbonyl (C=O) groups is 1. The molecule has 0 spiro atoms. The fourth-order valence-corrected chi connectivity index (χ4v) is 2.91. The predicted octanol–water partition coefficient (Wildman–Crippen LogP) is 4.39. The summed E-state index contributed by atoms with van der Waals surface area (Å²) in [6.07, 6.45) is 0. The summed E-state index contributed by atoms with van der Waals surface area (Å²) >= 11 is 3.42. The molecule has 6 heteroatoms. The molecule has 5 nitrogen and oxygen atoms in total. The summed E-state index contributed by atoms with van der Waals surface area (Å²) in [6, 6.07) is 13.5. The highest BCUT2D eigenvalue weighted by Crippen LogP contribution is 2.21. The lowest BCUT2D eigenvalue weighted by molar-refractivity contribution is 0.0768. The first-order chi connectivity index (χ1) is 11.9. The van der Waals surface area contributed by atoms with Gasteiger partial charge in [-0.15, -0.1) is 0 Å². The average Bonchev–Trinajstić information content (AvgIpc) is 3.05. The van der Waals surface area contributed by atoms with Gasteiger partial charge in [-0.25, -0.2) is 0 Å². The Bertz CT molecular complexity index is 921. The average molecular weight is 400 g/mol. The molecule has 0 N–H and O–H groups in total. The number of aromatic nitrogens is 2. The molecule has 128 valence electrons. The molecule has 0 radical (unpaired) electrons. The first-order valence-corrected chi connectivity index (χ1v) is 8.64. The molecule has 0 aliphatic carbocycles. The molecule has 0 atom stereocenters. The maximum atomic E-state index is 12.7. The molecule has 0 saturated carbocycles. The zero-order valence-corrected chi connectivity index (χ0v) is 15.9. The Morgan fingerprint density at radius 2 is 2.00 bits per heavy atom. The van der Waals surface area contributed by atoms with Crippen molar-refractivity contribution in [2.45, 2.75) is 20.4 Å². The summed E-state index contributed by atoms with van der Waals surface area (Å²) in [5, 5.41) is 4.00. The van der Waals surface area contributed by atoms with Crippen LogP contribution >= 0.6 is 15.9 Å². The van der Waals surface area contributed by atoms with Crippen molar-refractivity contribution < 1.29 is 9.32 Å². The lowest BCUT2D eigenvalue weighted by Crippen LogP contribution is -2.27. The van der Waals surface area contributed by atoms with E-state index in [2.05, 4.69) is 26.1 Å². The third-order valence-corrected chi connectivity index (χ3v) is 4.39. The van der Waals surface area contributed by atoms with Crippen LogP contribution in [0.5, 0.6) is 0 Å². The second-order valence-corrected chi connectivity index (χ2v) is 6.92. The smallest absolute Gasteiger partial charge is 0.254 e. The van der Waals surface area contributed by atoms with Crippen molar-refractivity contribution in [3.05, 3.63) is 69.5 Å². The van der Waals surface area contributed by atoms with Crippen LogP contribution < -0.4 is 0 Å². The second kappa shape index (κ2) is 7.19. The number of benzene rings is 2. The molecule has 0 aliphatic rings. The number of aryl methyl sites for hydroxylation is 2. The summed E-state index contributed by atoms with van der Waals surface area (Å²) in [5.41, 5.74) is 3.54. The third kappa shape index (κ3) is 3.96. The van der Waals surface area contributed by atoms with Gasteiger partial charge >= 0.3 is 0 Å². The van der Waals surface area contributed by atoms with E-state index in [1.807, 2.05) is 56.3 Å². The van der Waals surface area contributed by atoms with Gasteiger partial charge in [-0.05, 0) is 37.6 Å². The molecule has 1 aromatic heterocycles. The van der Waals surface area contributed by atoms with Crippen molar-refractivity contribution in [3.63, 3.8) is 0 Å². The highest BCUT2D eigenvalue weighted by atomic mass is 79.9. The molecule has 3 aromatic rings. The Labute approximate surface area is 154 Å². The Morgan fingerprint density at radius 3 is 2.76 bits per heavy atom. The molecule has 0 saturated heterocycles. The van der Waals surface area contributed by atoms with E-state index < -0.39 is 0 Å². The van der Waals surface area contributed by atoms with Crippen LogP contribution in [0.25, 0.3) is 11.4 Å². The zero-order valence-electron chi connectivity index (χ0n) is 14.3. The Morgan fingerprint density at radius 1 is 1.20 bits per heavy atom. The fraction of sp³-hybridized carbons (Fsp3) is 0.211. The number of halogens is 1. The summed E-state index contributed by atoms with van der Waals surface area (Å²) < 4.78 is 6.24. The summed E-state index contributed by atoms with van der Waals surface area (Å²) in [5.74, 6) is 0.837. The van der Waals surface area contributed by atoms with E-state index in [-0.39, 0.29) is 12.5 Å². The molecule has 1 heterocycles. The minimum Gasteiger partial charge on any atom is -0.337 e. The van der Waals surface area contributed by atoms with Crippen LogP contribution in [-0.2, 0) is 6.54 Å². The summed E-state index contributed by atoms with van der Waals surface area (Å²) in [4.78, 5) is 18.6. The summed E-state index contributed by atoms with van der Waals surface area (Å²) in [7, 11) is 1.73. The first-order valence-electron chi connectivity index (χ1n) is 7.85. The standard InChI is InChI=1S/C19H18BrN3O2/c1-12-7-8-13(2)16(9-12)19(24)23(3)11-17-21-18(22-25-17)14-5-4-6-15(20)10-14/h4-10H,11H2,1-3H3. The third-order valence-electron chi connectivity index (χ3n) is 3.89. The minimum atomic E-state index is -0.0663. The largest absolute Gasteiger partial charge is 0.337 e. The van der Waals surface area contributed by atoms with Crippen LogP contribution in [0.15, 0.2) is 51.5 Å². The van der Waals surface area contributed by atoms with E-state index in [1.54, 1.807) is 11.9 Å². The van der Waals surface area contributed by atoms with Crippen molar-refractivity contribution in [2.24, 2.45) is 0 Å². The van der Waals surface area contributed by atoms with E-state index in [0.717, 1.165) is 21.2 Å². The topological polar surface area (TPSA) is 59.2 Å². The Hall–Kier alpha value is -2.47. The maximum absolute atomic E-state index is 12.7. The number of nitrogens with zero attached hydrogens (tertiary/aromatic N) is 3. The Balaban J connectivity index is 1.76. The van der Waals surface area contributed by atoms with Gasteiger partial charge in [-0.1, -0.05) is 50.9 Å². The predicted molar refractivity (Wildman–Crippen MR) is 99.1 cm³/mol. The SMILES string of the molecule is Cc1ccc(C)c(C(=O)N(C)Cc2nc(-c3cccc(Br)c3)no2)c1. The van der Waals surface area contributed by atoms with Crippen LogP contribution in [0.1, 0.15) is 27.4 Å². The normalized spacial score (nSPS) is 10.7. The van der Waals surface area contributed by atoms with Gasteiger partial charge in [0.1, 0.15) is 0 Å². The number of hydrogen-bond donors (Lipinski definition) is 0. The molecular formula is C19H18BrN3O2. The molecule has 0 fully saturated rings. The van der Waals surface area contributed by atoms with Gasteiger partial charge in [-0.2, -0.15) is 4.98 Å². The molecular weight excluding hydrogens is 382 g/mol. The lowest BCUT2D eigenvalue weighted by Gasteiger charge is -2.16. The quantitative estimate of drug-likeness (QED) is 0.652.